The largest absolute Gasteiger partial charge is 0.497 e. The molecule has 0 bridgehead atoms. The number of methoxy groups -OCH3 is 1. The van der Waals surface area contributed by atoms with Gasteiger partial charge in [0, 0.05) is 6.04 Å². The first kappa shape index (κ1) is 13.6. The number of nitrogens with zero attached hydrogens (tertiary/aromatic N) is 1. The molecule has 1 aromatic carbocycles. The van der Waals surface area contributed by atoms with Crippen molar-refractivity contribution in [1.82, 2.24) is 14.7 Å². The monoisotopic (exact) mass is 281 g/mol. The summed E-state index contributed by atoms with van der Waals surface area (Å²) in [6, 6.07) is 6.88. The van der Waals surface area contributed by atoms with Gasteiger partial charge in [0.1, 0.15) is 5.75 Å². The molecule has 7 heteroatoms. The number of sulfonamides is 1. The predicted molar refractivity (Wildman–Crippen MR) is 70.3 cm³/mol. The highest BCUT2D eigenvalue weighted by molar-refractivity contribution is 7.89. The van der Waals surface area contributed by atoms with E-state index in [1.807, 2.05) is 12.1 Å². The van der Waals surface area contributed by atoms with Gasteiger partial charge in [-0.15, -0.1) is 0 Å². The number of ether oxygens (including phenoxy) is 1. The predicted octanol–water partition coefficient (Wildman–Crippen LogP) is 1.46. The second-order valence-corrected chi connectivity index (χ2v) is 5.72. The highest BCUT2D eigenvalue weighted by atomic mass is 32.2. The van der Waals surface area contributed by atoms with Gasteiger partial charge in [-0.05, 0) is 24.6 Å². The first-order chi connectivity index (χ1) is 9.03. The number of rotatable bonds is 5. The van der Waals surface area contributed by atoms with Crippen molar-refractivity contribution >= 4 is 10.0 Å². The van der Waals surface area contributed by atoms with Crippen molar-refractivity contribution in [3.05, 3.63) is 42.4 Å². The summed E-state index contributed by atoms with van der Waals surface area (Å²) >= 11 is 0. The molecule has 1 atom stereocenters. The Balaban J connectivity index is 2.19. The third-order valence-corrected chi connectivity index (χ3v) is 4.15. The van der Waals surface area contributed by atoms with E-state index in [1.54, 1.807) is 26.2 Å². The van der Waals surface area contributed by atoms with E-state index in [0.717, 1.165) is 5.56 Å². The Bertz CT molecular complexity index is 638. The minimum atomic E-state index is -3.59. The number of nitrogens with one attached hydrogen (secondary N) is 2. The summed E-state index contributed by atoms with van der Waals surface area (Å²) in [6.07, 6.45) is 2.59. The zero-order valence-electron chi connectivity index (χ0n) is 10.6. The Morgan fingerprint density at radius 2 is 2.21 bits per heavy atom. The molecule has 2 N–H and O–H groups in total. The molecule has 0 aliphatic carbocycles. The summed E-state index contributed by atoms with van der Waals surface area (Å²) in [7, 11) is -2.02. The lowest BCUT2D eigenvalue weighted by Gasteiger charge is -2.14. The molecule has 102 valence electrons. The van der Waals surface area contributed by atoms with Crippen LogP contribution in [0, 0.1) is 0 Å². The van der Waals surface area contributed by atoms with Gasteiger partial charge in [-0.3, -0.25) is 0 Å². The minimum absolute atomic E-state index is 0.0437. The Labute approximate surface area is 111 Å². The molecular weight excluding hydrogens is 266 g/mol. The van der Waals surface area contributed by atoms with E-state index in [9.17, 15) is 8.42 Å². The van der Waals surface area contributed by atoms with Crippen LogP contribution in [0.5, 0.6) is 5.75 Å². The van der Waals surface area contributed by atoms with E-state index in [0.29, 0.717) is 5.75 Å². The second kappa shape index (κ2) is 5.41. The van der Waals surface area contributed by atoms with E-state index in [4.69, 9.17) is 4.74 Å². The second-order valence-electron chi connectivity index (χ2n) is 4.04. The van der Waals surface area contributed by atoms with Crippen molar-refractivity contribution < 1.29 is 13.2 Å². The minimum Gasteiger partial charge on any atom is -0.497 e. The van der Waals surface area contributed by atoms with Crippen LogP contribution in [0.1, 0.15) is 18.5 Å². The van der Waals surface area contributed by atoms with Crippen LogP contribution in [0.2, 0.25) is 0 Å². The van der Waals surface area contributed by atoms with Crippen molar-refractivity contribution in [3.8, 4) is 5.75 Å². The first-order valence-corrected chi connectivity index (χ1v) is 7.16. The fraction of sp³-hybridized carbons (Fsp3) is 0.250. The van der Waals surface area contributed by atoms with Gasteiger partial charge in [0.25, 0.3) is 10.0 Å². The summed E-state index contributed by atoms with van der Waals surface area (Å²) in [5, 5.41) is 0.0437. The molecule has 0 saturated heterocycles. The molecule has 19 heavy (non-hydrogen) atoms. The van der Waals surface area contributed by atoms with E-state index in [1.165, 1.54) is 12.5 Å². The number of aromatic nitrogens is 2. The number of imidazole rings is 1. The molecule has 2 aromatic rings. The fourth-order valence-corrected chi connectivity index (χ4v) is 2.80. The molecule has 0 radical (unpaired) electrons. The van der Waals surface area contributed by atoms with Gasteiger partial charge < -0.3 is 9.72 Å². The molecule has 0 saturated carbocycles. The van der Waals surface area contributed by atoms with Crippen LogP contribution in [-0.4, -0.2) is 25.5 Å². The van der Waals surface area contributed by atoms with Crippen LogP contribution in [0.25, 0.3) is 0 Å². The summed E-state index contributed by atoms with van der Waals surface area (Å²) < 4.78 is 31.7. The normalized spacial score (nSPS) is 13.2. The maximum atomic E-state index is 12.0. The number of aromatic amines is 1. The average molecular weight is 281 g/mol. The lowest BCUT2D eigenvalue weighted by Crippen LogP contribution is -2.27. The van der Waals surface area contributed by atoms with Crippen LogP contribution in [0.4, 0.5) is 0 Å². The number of H-pyrrole nitrogens is 1. The third-order valence-electron chi connectivity index (χ3n) is 2.69. The van der Waals surface area contributed by atoms with Crippen LogP contribution in [0.15, 0.2) is 41.8 Å². The van der Waals surface area contributed by atoms with Crippen LogP contribution < -0.4 is 9.46 Å². The average Bonchev–Trinajstić information content (AvgIpc) is 2.93. The first-order valence-electron chi connectivity index (χ1n) is 5.67. The summed E-state index contributed by atoms with van der Waals surface area (Å²) in [6.45, 7) is 1.77. The highest BCUT2D eigenvalue weighted by Crippen LogP contribution is 2.20. The molecule has 1 unspecified atom stereocenters. The zero-order chi connectivity index (χ0) is 13.9. The van der Waals surface area contributed by atoms with Gasteiger partial charge in [-0.2, -0.15) is 0 Å². The maximum Gasteiger partial charge on any atom is 0.258 e. The lowest BCUT2D eigenvalue weighted by molar-refractivity contribution is 0.413. The van der Waals surface area contributed by atoms with Crippen LogP contribution in [0.3, 0.4) is 0 Å². The number of benzene rings is 1. The van der Waals surface area contributed by atoms with Gasteiger partial charge in [0.15, 0.2) is 5.03 Å². The number of hydrogen-bond acceptors (Lipinski definition) is 4. The van der Waals surface area contributed by atoms with E-state index < -0.39 is 10.0 Å². The molecule has 0 aliphatic heterocycles. The fourth-order valence-electron chi connectivity index (χ4n) is 1.67. The van der Waals surface area contributed by atoms with Crippen molar-refractivity contribution in [2.45, 2.75) is 18.0 Å². The zero-order valence-corrected chi connectivity index (χ0v) is 11.4. The number of hydrogen-bond donors (Lipinski definition) is 2. The SMILES string of the molecule is COc1cccc(C(C)NS(=O)(=O)c2cnc[nH]2)c1. The van der Waals surface area contributed by atoms with Crippen LogP contribution >= 0.6 is 0 Å². The molecule has 1 heterocycles. The Hall–Kier alpha value is -1.86. The maximum absolute atomic E-state index is 12.0. The van der Waals surface area contributed by atoms with E-state index in [-0.39, 0.29) is 11.1 Å². The summed E-state index contributed by atoms with van der Waals surface area (Å²) in [4.78, 5) is 6.27. The van der Waals surface area contributed by atoms with Gasteiger partial charge in [0.2, 0.25) is 0 Å². The van der Waals surface area contributed by atoms with Gasteiger partial charge in [0.05, 0.1) is 19.6 Å². The van der Waals surface area contributed by atoms with E-state index in [2.05, 4.69) is 14.7 Å². The Kier molecular flexibility index (Phi) is 3.87. The topological polar surface area (TPSA) is 84.1 Å². The summed E-state index contributed by atoms with van der Waals surface area (Å²) in [5.74, 6) is 0.685. The smallest absolute Gasteiger partial charge is 0.258 e. The Morgan fingerprint density at radius 3 is 2.84 bits per heavy atom. The molecule has 0 aliphatic rings. The lowest BCUT2D eigenvalue weighted by atomic mass is 10.1. The quantitative estimate of drug-likeness (QED) is 0.869. The van der Waals surface area contributed by atoms with Crippen LogP contribution in [-0.2, 0) is 10.0 Å². The standard InChI is InChI=1S/C12H15N3O3S/c1-9(10-4-3-5-11(6-10)18-2)15-19(16,17)12-7-13-8-14-12/h3-9,15H,1-2H3,(H,13,14). The van der Waals surface area contributed by atoms with Gasteiger partial charge in [-0.25, -0.2) is 18.1 Å². The molecule has 2 rings (SSSR count). The molecule has 0 amide bonds. The third kappa shape index (κ3) is 3.12. The van der Waals surface area contributed by atoms with Gasteiger partial charge in [-0.1, -0.05) is 12.1 Å². The molecular formula is C12H15N3O3S. The Morgan fingerprint density at radius 1 is 1.42 bits per heavy atom. The molecule has 0 fully saturated rings. The molecule has 0 spiro atoms. The van der Waals surface area contributed by atoms with Crippen molar-refractivity contribution in [2.75, 3.05) is 7.11 Å². The molecule has 6 nitrogen and oxygen atoms in total. The highest BCUT2D eigenvalue weighted by Gasteiger charge is 2.19. The molecule has 1 aromatic heterocycles. The van der Waals surface area contributed by atoms with Gasteiger partial charge >= 0.3 is 0 Å². The summed E-state index contributed by atoms with van der Waals surface area (Å²) in [5.41, 5.74) is 0.822. The van der Waals surface area contributed by atoms with E-state index >= 15 is 0 Å². The van der Waals surface area contributed by atoms with Crippen molar-refractivity contribution in [3.63, 3.8) is 0 Å². The van der Waals surface area contributed by atoms with Crippen molar-refractivity contribution in [2.24, 2.45) is 0 Å². The van der Waals surface area contributed by atoms with Crippen molar-refractivity contribution in [1.29, 1.82) is 0 Å².